The molecule has 0 bridgehead atoms. The number of hydrogen-bond acceptors (Lipinski definition) is 6. The Kier molecular flexibility index (Phi) is 3.28. The highest BCUT2D eigenvalue weighted by molar-refractivity contribution is 5.99. The number of halogens is 1. The van der Waals surface area contributed by atoms with Gasteiger partial charge in [-0.1, -0.05) is 12.1 Å². The van der Waals surface area contributed by atoms with E-state index in [9.17, 15) is 4.39 Å². The highest BCUT2D eigenvalue weighted by Gasteiger charge is 2.09. The van der Waals surface area contributed by atoms with Gasteiger partial charge in [-0.3, -0.25) is 0 Å². The first-order valence-corrected chi connectivity index (χ1v) is 4.87. The van der Waals surface area contributed by atoms with Crippen molar-refractivity contribution in [2.75, 3.05) is 5.73 Å². The molecular formula is C10H9FN6O. The van der Waals surface area contributed by atoms with Crippen LogP contribution >= 0.6 is 0 Å². The van der Waals surface area contributed by atoms with Crippen LogP contribution in [0.15, 0.2) is 39.1 Å². The van der Waals surface area contributed by atoms with Crippen LogP contribution in [0.3, 0.4) is 0 Å². The highest BCUT2D eigenvalue weighted by atomic mass is 19.1. The lowest BCUT2D eigenvalue weighted by Crippen LogP contribution is -2.15. The van der Waals surface area contributed by atoms with E-state index in [0.29, 0.717) is 5.56 Å². The molecule has 4 N–H and O–H groups in total. The molecule has 0 aliphatic heterocycles. The summed E-state index contributed by atoms with van der Waals surface area (Å²) in [6.45, 7) is 0. The van der Waals surface area contributed by atoms with E-state index in [-0.39, 0.29) is 23.2 Å². The maximum absolute atomic E-state index is 12.6. The van der Waals surface area contributed by atoms with Crippen molar-refractivity contribution in [3.05, 3.63) is 41.3 Å². The summed E-state index contributed by atoms with van der Waals surface area (Å²) < 4.78 is 17.0. The minimum Gasteiger partial charge on any atom is -0.380 e. The van der Waals surface area contributed by atoms with E-state index in [1.165, 1.54) is 18.3 Å². The van der Waals surface area contributed by atoms with E-state index >= 15 is 0 Å². The third-order valence-corrected chi connectivity index (χ3v) is 2.00. The summed E-state index contributed by atoms with van der Waals surface area (Å²) in [5.41, 5.74) is 11.8. The molecule has 0 unspecified atom stereocenters. The van der Waals surface area contributed by atoms with Crippen molar-refractivity contribution in [3.63, 3.8) is 0 Å². The van der Waals surface area contributed by atoms with Crippen LogP contribution < -0.4 is 11.5 Å². The van der Waals surface area contributed by atoms with Crippen LogP contribution in [-0.4, -0.2) is 22.4 Å². The maximum Gasteiger partial charge on any atom is 0.199 e. The lowest BCUT2D eigenvalue weighted by molar-refractivity contribution is 0.308. The normalized spacial score (nSPS) is 12.2. The average molecular weight is 248 g/mol. The molecule has 0 spiro atoms. The summed E-state index contributed by atoms with van der Waals surface area (Å²) in [5, 5.41) is 14.2. The van der Waals surface area contributed by atoms with Crippen molar-refractivity contribution in [3.8, 4) is 0 Å². The largest absolute Gasteiger partial charge is 0.380 e. The molecule has 0 amide bonds. The highest BCUT2D eigenvalue weighted by Crippen LogP contribution is 2.03. The smallest absolute Gasteiger partial charge is 0.199 e. The van der Waals surface area contributed by atoms with E-state index in [2.05, 4.69) is 25.1 Å². The fourth-order valence-electron chi connectivity index (χ4n) is 1.13. The quantitative estimate of drug-likeness (QED) is 0.467. The number of amidine groups is 1. The number of aromatic nitrogens is 2. The summed E-state index contributed by atoms with van der Waals surface area (Å²) in [6.07, 6.45) is 1.41. The molecule has 1 aromatic carbocycles. The molecule has 0 aliphatic rings. The first-order valence-electron chi connectivity index (χ1n) is 4.87. The second-order valence-corrected chi connectivity index (χ2v) is 3.28. The summed E-state index contributed by atoms with van der Waals surface area (Å²) in [7, 11) is 0. The molecular weight excluding hydrogens is 239 g/mol. The minimum absolute atomic E-state index is 0.0212. The standard InChI is InChI=1S/C10H9FN6O/c11-7-3-1-6(2-4-7)5-14-15-9(12)8-10(13)17-18-16-8/h1-5H,(H2,12,15)(H2,13,17)/b14-5-. The molecule has 0 saturated heterocycles. The number of nitrogens with two attached hydrogens (primary N) is 2. The minimum atomic E-state index is -0.323. The van der Waals surface area contributed by atoms with Crippen LogP contribution in [0.5, 0.6) is 0 Å². The van der Waals surface area contributed by atoms with Gasteiger partial charge in [0.1, 0.15) is 5.82 Å². The Balaban J connectivity index is 2.11. The van der Waals surface area contributed by atoms with E-state index in [4.69, 9.17) is 11.5 Å². The molecule has 0 saturated carbocycles. The number of nitrogens with zero attached hydrogens (tertiary/aromatic N) is 4. The molecule has 18 heavy (non-hydrogen) atoms. The van der Waals surface area contributed by atoms with Crippen molar-refractivity contribution in [1.29, 1.82) is 0 Å². The predicted molar refractivity (Wildman–Crippen MR) is 63.4 cm³/mol. The van der Waals surface area contributed by atoms with Crippen LogP contribution in [-0.2, 0) is 0 Å². The van der Waals surface area contributed by atoms with E-state index in [1.54, 1.807) is 12.1 Å². The molecule has 1 heterocycles. The first kappa shape index (κ1) is 11.7. The number of nitrogen functional groups attached to an aromatic ring is 1. The van der Waals surface area contributed by atoms with Gasteiger partial charge in [0.25, 0.3) is 0 Å². The monoisotopic (exact) mass is 248 g/mol. The third-order valence-electron chi connectivity index (χ3n) is 2.00. The van der Waals surface area contributed by atoms with Crippen molar-refractivity contribution in [1.82, 2.24) is 10.3 Å². The van der Waals surface area contributed by atoms with Gasteiger partial charge in [0.2, 0.25) is 0 Å². The van der Waals surface area contributed by atoms with Gasteiger partial charge in [-0.05, 0) is 28.0 Å². The Labute approximate surface area is 101 Å². The lowest BCUT2D eigenvalue weighted by atomic mass is 10.2. The predicted octanol–water partition coefficient (Wildman–Crippen LogP) is 0.530. The first-order chi connectivity index (χ1) is 8.66. The fraction of sp³-hybridized carbons (Fsp3) is 0. The summed E-state index contributed by atoms with van der Waals surface area (Å²) in [5.74, 6) is -0.308. The Morgan fingerprint density at radius 2 is 2.00 bits per heavy atom. The second kappa shape index (κ2) is 5.04. The van der Waals surface area contributed by atoms with Crippen LogP contribution in [0.2, 0.25) is 0 Å². The second-order valence-electron chi connectivity index (χ2n) is 3.28. The Morgan fingerprint density at radius 1 is 1.28 bits per heavy atom. The van der Waals surface area contributed by atoms with Crippen LogP contribution in [0.25, 0.3) is 0 Å². The number of hydrogen-bond donors (Lipinski definition) is 2. The number of benzene rings is 1. The van der Waals surface area contributed by atoms with Crippen LogP contribution in [0.1, 0.15) is 11.3 Å². The fourth-order valence-corrected chi connectivity index (χ4v) is 1.13. The van der Waals surface area contributed by atoms with Gasteiger partial charge in [-0.15, -0.1) is 5.10 Å². The molecule has 2 aromatic rings. The molecule has 0 fully saturated rings. The zero-order chi connectivity index (χ0) is 13.0. The number of rotatable bonds is 3. The van der Waals surface area contributed by atoms with Gasteiger partial charge in [0.15, 0.2) is 17.3 Å². The Bertz CT molecular complexity index is 589. The third kappa shape index (κ3) is 2.67. The van der Waals surface area contributed by atoms with Crippen LogP contribution in [0, 0.1) is 5.82 Å². The molecule has 0 aliphatic carbocycles. The Hall–Kier alpha value is -2.77. The summed E-state index contributed by atoms with van der Waals surface area (Å²) in [4.78, 5) is 0. The topological polar surface area (TPSA) is 116 Å². The van der Waals surface area contributed by atoms with Crippen molar-refractivity contribution in [2.24, 2.45) is 15.9 Å². The van der Waals surface area contributed by atoms with Gasteiger partial charge in [-0.2, -0.15) is 5.10 Å². The molecule has 8 heteroatoms. The van der Waals surface area contributed by atoms with Gasteiger partial charge in [0.05, 0.1) is 6.21 Å². The van der Waals surface area contributed by atoms with Crippen molar-refractivity contribution in [2.45, 2.75) is 0 Å². The Morgan fingerprint density at radius 3 is 2.61 bits per heavy atom. The van der Waals surface area contributed by atoms with Gasteiger partial charge >= 0.3 is 0 Å². The van der Waals surface area contributed by atoms with Crippen molar-refractivity contribution < 1.29 is 9.02 Å². The van der Waals surface area contributed by atoms with Crippen LogP contribution in [0.4, 0.5) is 10.2 Å². The summed E-state index contributed by atoms with van der Waals surface area (Å²) in [6, 6.07) is 5.73. The van der Waals surface area contributed by atoms with Gasteiger partial charge in [0, 0.05) is 0 Å². The van der Waals surface area contributed by atoms with E-state index < -0.39 is 0 Å². The summed E-state index contributed by atoms with van der Waals surface area (Å²) >= 11 is 0. The number of anilines is 1. The van der Waals surface area contributed by atoms with E-state index in [1.807, 2.05) is 0 Å². The molecule has 0 atom stereocenters. The zero-order valence-corrected chi connectivity index (χ0v) is 9.12. The lowest BCUT2D eigenvalue weighted by Gasteiger charge is -1.92. The molecule has 7 nitrogen and oxygen atoms in total. The molecule has 2 rings (SSSR count). The zero-order valence-electron chi connectivity index (χ0n) is 9.12. The van der Waals surface area contributed by atoms with Gasteiger partial charge in [-0.25, -0.2) is 9.02 Å². The maximum atomic E-state index is 12.6. The van der Waals surface area contributed by atoms with Crippen molar-refractivity contribution >= 4 is 17.9 Å². The van der Waals surface area contributed by atoms with Gasteiger partial charge < -0.3 is 11.5 Å². The SMILES string of the molecule is NC(=N/N=C\c1ccc(F)cc1)c1nonc1N. The molecule has 1 aromatic heterocycles. The molecule has 92 valence electrons. The van der Waals surface area contributed by atoms with E-state index in [0.717, 1.165) is 0 Å². The average Bonchev–Trinajstić information content (AvgIpc) is 2.78. The molecule has 0 radical (unpaired) electrons.